The van der Waals surface area contributed by atoms with Gasteiger partial charge in [-0.25, -0.2) is 4.99 Å². The molecule has 3 aliphatic rings. The maximum atomic E-state index is 14.6. The number of cyclic esters (lactones) is 1. The minimum Gasteiger partial charge on any atom is -0.459 e. The van der Waals surface area contributed by atoms with Crippen LogP contribution in [0.4, 0.5) is 0 Å². The second-order valence-electron chi connectivity index (χ2n) is 18.7. The number of esters is 1. The van der Waals surface area contributed by atoms with Crippen molar-refractivity contribution in [3.63, 3.8) is 0 Å². The number of hydrogen-bond donors (Lipinski definition) is 2. The van der Waals surface area contributed by atoms with Crippen LogP contribution < -0.4 is 0 Å². The lowest BCUT2D eigenvalue weighted by Gasteiger charge is -2.49. The van der Waals surface area contributed by atoms with Gasteiger partial charge in [-0.15, -0.1) is 0 Å². The lowest BCUT2D eigenvalue weighted by atomic mass is 9.68. The van der Waals surface area contributed by atoms with E-state index in [-0.39, 0.29) is 36.6 Å². The number of aliphatic hydroxyl groups is 2. The molecule has 1 aromatic rings. The van der Waals surface area contributed by atoms with Crippen molar-refractivity contribution < 1.29 is 43.5 Å². The largest absolute Gasteiger partial charge is 0.459 e. The molecule has 1 aromatic carbocycles. The van der Waals surface area contributed by atoms with Gasteiger partial charge in [0.1, 0.15) is 23.7 Å². The number of aliphatic hydroxyl groups excluding tert-OH is 1. The Hall–Kier alpha value is -3.06. The molecule has 0 unspecified atom stereocenters. The summed E-state index contributed by atoms with van der Waals surface area (Å²) >= 11 is 0. The number of aliphatic imine (C=N–C) groups is 1. The smallest absolute Gasteiger partial charge is 0.316 e. The highest BCUT2D eigenvalue weighted by molar-refractivity contribution is 6.00. The van der Waals surface area contributed by atoms with Gasteiger partial charge in [-0.2, -0.15) is 0 Å². The number of allylic oxidation sites excluding steroid dienone is 2. The number of ether oxygens (including phenoxy) is 4. The Morgan fingerprint density at radius 2 is 1.72 bits per heavy atom. The van der Waals surface area contributed by atoms with Crippen LogP contribution >= 0.6 is 0 Å². The monoisotopic (exact) mass is 809 g/mol. The Morgan fingerprint density at radius 3 is 2.33 bits per heavy atom. The molecule has 3 fully saturated rings. The Morgan fingerprint density at radius 1 is 1.07 bits per heavy atom. The molecule has 2 bridgehead atoms. The van der Waals surface area contributed by atoms with Crippen LogP contribution in [0.25, 0.3) is 6.08 Å². The number of amides is 1. The minimum absolute atomic E-state index is 0.160. The quantitative estimate of drug-likeness (QED) is 0.221. The highest BCUT2D eigenvalue weighted by atomic mass is 16.7. The summed E-state index contributed by atoms with van der Waals surface area (Å²) in [6, 6.07) is 9.66. The number of carbonyl (C=O) groups excluding carboxylic acids is 3. The van der Waals surface area contributed by atoms with Crippen molar-refractivity contribution in [3.8, 4) is 0 Å². The van der Waals surface area contributed by atoms with Gasteiger partial charge in [0.05, 0.1) is 24.4 Å². The number of likely N-dealkylation sites (N-methyl/N-ethyl adjacent to an activating group) is 1. The second-order valence-corrected chi connectivity index (χ2v) is 18.7. The van der Waals surface area contributed by atoms with Gasteiger partial charge in [-0.3, -0.25) is 19.3 Å². The molecule has 11 heteroatoms. The average molecular weight is 809 g/mol. The van der Waals surface area contributed by atoms with E-state index in [0.717, 1.165) is 11.1 Å². The van der Waals surface area contributed by atoms with Crippen molar-refractivity contribution in [2.45, 2.75) is 169 Å². The van der Waals surface area contributed by atoms with E-state index >= 15 is 0 Å². The highest BCUT2D eigenvalue weighted by Gasteiger charge is 2.52. The van der Waals surface area contributed by atoms with E-state index in [1.165, 1.54) is 13.8 Å². The van der Waals surface area contributed by atoms with Gasteiger partial charge in [0.15, 0.2) is 12.1 Å². The van der Waals surface area contributed by atoms with E-state index in [4.69, 9.17) is 18.9 Å². The fraction of sp³-hybridized carbons (Fsp3) is 0.702. The molecule has 0 radical (unpaired) electrons. The van der Waals surface area contributed by atoms with E-state index in [2.05, 4.69) is 30.7 Å². The van der Waals surface area contributed by atoms with Crippen LogP contribution in [0.5, 0.6) is 0 Å². The maximum Gasteiger partial charge on any atom is 0.316 e. The van der Waals surface area contributed by atoms with Gasteiger partial charge in [0.25, 0.3) is 0 Å². The molecule has 2 N–H and O–H groups in total. The molecular formula is C47H72N2O9. The number of hydrogen-bond acceptors (Lipinski definition) is 10. The van der Waals surface area contributed by atoms with Gasteiger partial charge in [-0.05, 0) is 111 Å². The molecule has 0 aliphatic carbocycles. The summed E-state index contributed by atoms with van der Waals surface area (Å²) in [5.74, 6) is -5.02. The lowest BCUT2D eigenvalue weighted by molar-refractivity contribution is -0.299. The molecule has 11 nitrogen and oxygen atoms in total. The summed E-state index contributed by atoms with van der Waals surface area (Å²) < 4.78 is 26.5. The molecule has 13 atom stereocenters. The highest BCUT2D eigenvalue weighted by Crippen LogP contribution is 2.43. The first-order valence-corrected chi connectivity index (χ1v) is 21.3. The normalized spacial score (nSPS) is 39.0. The third-order valence-electron chi connectivity index (χ3n) is 13.1. The molecule has 4 rings (SSSR count). The zero-order valence-corrected chi connectivity index (χ0v) is 37.4. The molecule has 58 heavy (non-hydrogen) atoms. The molecule has 3 aliphatic heterocycles. The molecule has 324 valence electrons. The predicted molar refractivity (Wildman–Crippen MR) is 227 cm³/mol. The summed E-state index contributed by atoms with van der Waals surface area (Å²) in [5.41, 5.74) is -0.530. The summed E-state index contributed by atoms with van der Waals surface area (Å²) in [5, 5.41) is 24.6. The first-order valence-electron chi connectivity index (χ1n) is 21.3. The second kappa shape index (κ2) is 19.5. The van der Waals surface area contributed by atoms with Crippen LogP contribution in [0, 0.1) is 29.6 Å². The van der Waals surface area contributed by atoms with Crippen molar-refractivity contribution in [1.82, 2.24) is 4.90 Å². The molecule has 0 spiro atoms. The fourth-order valence-corrected chi connectivity index (χ4v) is 9.44. The minimum atomic E-state index is -1.56. The standard InChI is InChI=1S/C47H72N2O9/c1-14-38-47(12,54)36-24-23-35(22-18-21-34-19-16-15-17-20-34)27-55-46(11,26-28(2)39(30(36)4)48-33(7)50)42(31(5)40(51)32(6)43(53)57-38)58-44-41(52)37(25-29(3)56-44)49(13)45(8,9)10/h15-22,28-32,36-38,41-42,44,52,54H,14,23-27H2,1-13H3/b21-18+,35-22+,48-39+/t28-,29-,30-,31+,32-,36-,37+,38-,41-,42-,44+,46-,47+/m1/s1. The van der Waals surface area contributed by atoms with Crippen molar-refractivity contribution in [2.75, 3.05) is 13.7 Å². The molecule has 1 amide bonds. The molecule has 3 saturated heterocycles. The van der Waals surface area contributed by atoms with Crippen molar-refractivity contribution in [1.29, 1.82) is 0 Å². The maximum absolute atomic E-state index is 14.6. The van der Waals surface area contributed by atoms with Gasteiger partial charge in [0, 0.05) is 36.1 Å². The Labute approximate surface area is 347 Å². The van der Waals surface area contributed by atoms with Crippen LogP contribution in [0.1, 0.15) is 121 Å². The molecule has 3 heterocycles. The Kier molecular flexibility index (Phi) is 16.0. The van der Waals surface area contributed by atoms with Crippen molar-refractivity contribution in [2.24, 2.45) is 34.6 Å². The summed E-state index contributed by atoms with van der Waals surface area (Å²) in [4.78, 5) is 48.2. The third-order valence-corrected chi connectivity index (χ3v) is 13.1. The van der Waals surface area contributed by atoms with Crippen LogP contribution in [0.3, 0.4) is 0 Å². The Bertz CT molecular complexity index is 1660. The predicted octanol–water partition coefficient (Wildman–Crippen LogP) is 7.37. The van der Waals surface area contributed by atoms with Crippen LogP contribution in [0.2, 0.25) is 0 Å². The van der Waals surface area contributed by atoms with Gasteiger partial charge in [0.2, 0.25) is 5.91 Å². The first-order chi connectivity index (χ1) is 27.0. The van der Waals surface area contributed by atoms with E-state index in [1.54, 1.807) is 13.8 Å². The van der Waals surface area contributed by atoms with E-state index in [9.17, 15) is 24.6 Å². The number of nitrogens with zero attached hydrogens (tertiary/aromatic N) is 2. The fourth-order valence-electron chi connectivity index (χ4n) is 9.44. The van der Waals surface area contributed by atoms with Crippen molar-refractivity contribution >= 4 is 29.4 Å². The number of ketones is 1. The van der Waals surface area contributed by atoms with E-state index < -0.39 is 77.1 Å². The zero-order valence-electron chi connectivity index (χ0n) is 37.4. The summed E-state index contributed by atoms with van der Waals surface area (Å²) in [6.07, 6.45) is 3.63. The number of carbonyl (C=O) groups is 3. The topological polar surface area (TPSA) is 144 Å². The molecular weight excluding hydrogens is 737 g/mol. The van der Waals surface area contributed by atoms with Gasteiger partial charge >= 0.3 is 5.97 Å². The van der Waals surface area contributed by atoms with Gasteiger partial charge < -0.3 is 29.2 Å². The van der Waals surface area contributed by atoms with Crippen LogP contribution in [-0.4, -0.2) is 106 Å². The average Bonchev–Trinajstić information content (AvgIpc) is 3.17. The molecule has 0 aromatic heterocycles. The number of rotatable bonds is 6. The van der Waals surface area contributed by atoms with E-state index in [0.29, 0.717) is 31.4 Å². The summed E-state index contributed by atoms with van der Waals surface area (Å²) in [6.45, 7) is 22.4. The van der Waals surface area contributed by atoms with E-state index in [1.807, 2.05) is 90.2 Å². The number of benzene rings is 1. The third kappa shape index (κ3) is 11.2. The lowest BCUT2D eigenvalue weighted by Crippen LogP contribution is -2.62. The zero-order chi connectivity index (χ0) is 43.3. The Balaban J connectivity index is 1.97. The number of Topliss-reactive ketones (excluding diaryl/α,β-unsaturated/α-hetero) is 1. The van der Waals surface area contributed by atoms with Crippen LogP contribution in [0.15, 0.2) is 53.0 Å². The SMILES string of the molecule is CC[C@H]1OC(=O)[C@H](C)C(=O)[C@H](C)[C@@H](O[C@@H]2O[C@H](C)C[C@H](N(C)C(C)(C)C)[C@H]2O)[C@@]2(C)C[C@@H](C)/C(=N\C(C)=O)[C@H](C)[C@@H](CC/C(=C\C=C\c3ccccc3)CO2)[C@]1(C)O. The first kappa shape index (κ1) is 47.6. The van der Waals surface area contributed by atoms with Gasteiger partial charge in [-0.1, -0.05) is 76.3 Å². The molecule has 0 saturated carbocycles. The number of fused-ring (bicyclic) bond motifs is 5. The van der Waals surface area contributed by atoms with Crippen LogP contribution in [-0.2, 0) is 33.3 Å². The summed E-state index contributed by atoms with van der Waals surface area (Å²) in [7, 11) is 1.98. The van der Waals surface area contributed by atoms with Crippen molar-refractivity contribution in [3.05, 3.63) is 53.6 Å².